The monoisotopic (exact) mass is 1740 g/mol. The molecule has 7 N–H and O–H groups in total. The zero-order valence-electron chi connectivity index (χ0n) is 71.8. The minimum Gasteiger partial charge on any atom is -0.494 e. The first-order chi connectivity index (χ1) is 59.0. The summed E-state index contributed by atoms with van der Waals surface area (Å²) >= 11 is 0. The molecule has 30 nitrogen and oxygen atoms in total. The molecule has 7 amide bonds. The molecule has 8 heterocycles. The van der Waals surface area contributed by atoms with Crippen LogP contribution in [0, 0.1) is 16.7 Å². The third kappa shape index (κ3) is 23.8. The average Bonchev–Trinajstić information content (AvgIpc) is 1.63. The van der Waals surface area contributed by atoms with Crippen LogP contribution in [0.5, 0.6) is 11.5 Å². The van der Waals surface area contributed by atoms with E-state index in [1.807, 2.05) is 78.9 Å². The molecule has 12 atom stereocenters. The highest BCUT2D eigenvalue weighted by molar-refractivity contribution is 7.93. The number of likely N-dealkylation sites (tertiary alicyclic amines) is 2. The van der Waals surface area contributed by atoms with E-state index in [2.05, 4.69) is 52.5 Å². The number of carbonyl (C=O) groups is 10. The van der Waals surface area contributed by atoms with Crippen molar-refractivity contribution in [2.24, 2.45) is 16.7 Å². The molecule has 32 heteroatoms. The molecule has 3 fully saturated rings. The number of Topliss-reactive ketones (excluding diaryl/α,β-unsaturated/α-hetero) is 3. The number of benzene rings is 6. The topological polar surface area (TPSA) is 401 Å². The number of carbonyl (C=O) groups excluding carboxylic acids is 10. The number of hydrogen-bond donors (Lipinski definition) is 7. The maximum atomic E-state index is 15.6. The summed E-state index contributed by atoms with van der Waals surface area (Å²) in [6, 6.07) is 32.5. The lowest BCUT2D eigenvalue weighted by atomic mass is 9.85. The Labute approximate surface area is 723 Å². The number of aromatic nitrogens is 4. The molecule has 1 saturated carbocycles. The summed E-state index contributed by atoms with van der Waals surface area (Å²) in [6.07, 6.45) is 2.79. The first-order valence-electron chi connectivity index (χ1n) is 42.3. The number of nitrogens with one attached hydrogen (secondary N) is 7. The Morgan fingerprint density at radius 1 is 0.556 bits per heavy atom. The Hall–Kier alpha value is -11.2. The van der Waals surface area contributed by atoms with Gasteiger partial charge in [0.25, 0.3) is 0 Å². The van der Waals surface area contributed by atoms with Gasteiger partial charge in [0.05, 0.1) is 60.4 Å². The minimum absolute atomic E-state index is 0.0115. The number of nitrogens with zero attached hydrogens (tertiary/aromatic N) is 6. The van der Waals surface area contributed by atoms with Gasteiger partial charge in [-0.2, -0.15) is 0 Å². The summed E-state index contributed by atoms with van der Waals surface area (Å²) in [5, 5.41) is 31.7. The van der Waals surface area contributed by atoms with E-state index in [-0.39, 0.29) is 76.5 Å². The standard InChI is InChI=1S/C92H113N13O17S2/c1-56(93-9)84(109)99-82(91(3,4)5)89(114)103-51-68-48-77(103)88(113)98-75(46-61-25-31-63-20-12-14-22-65(63)42-61)87(112)97-74(80(108)55-124(118,119)81-23-15-16-38-95-81)45-58-26-32-69(33-27-58)120-39-17-18-40-121-71-49-76(104(52-71)90(115)83(92(6,7)8)100-85(110)57(2)94-10)78(106)47-66(43-60-24-30-62-19-11-13-21-64(62)41-60)86(111)96-73(79(107)54-123(116,117)72-36-37-72)44-59-28-34-70(35-29-59)122-53-67-50-105(68)102-101-67/h11-16,19-35,38,41-42,50,56-57,66,68,71-77,82-83,93-94H,17-18,36-37,39-40,43-49,51-55H2,1-10H3,(H,96,111)(H,97,112)(H,98,113)(H,99,109)(H,100,110)/t56-,57-,66+,68-,71-,73-,74-,75-,76-,77-,82+,83+/m0/s1. The van der Waals surface area contributed by atoms with E-state index in [1.165, 1.54) is 38.9 Å². The fourth-order valence-corrected chi connectivity index (χ4v) is 18.7. The van der Waals surface area contributed by atoms with Crippen molar-refractivity contribution >= 4 is 99.9 Å². The second kappa shape index (κ2) is 40.2. The number of likely N-dealkylation sites (N-methyl/N-ethyl adjacent to an activating group) is 2. The van der Waals surface area contributed by atoms with Gasteiger partial charge in [-0.3, -0.25) is 47.9 Å². The molecule has 0 spiro atoms. The first-order valence-corrected chi connectivity index (χ1v) is 45.7. The van der Waals surface area contributed by atoms with E-state index >= 15 is 28.8 Å². The lowest BCUT2D eigenvalue weighted by Crippen LogP contribution is -2.61. The Balaban J connectivity index is 0.886. The van der Waals surface area contributed by atoms with Crippen LogP contribution in [0.15, 0.2) is 169 Å². The van der Waals surface area contributed by atoms with Crippen molar-refractivity contribution < 1.29 is 79.0 Å². The zero-order chi connectivity index (χ0) is 89.0. The van der Waals surface area contributed by atoms with E-state index in [0.29, 0.717) is 65.1 Å². The van der Waals surface area contributed by atoms with Gasteiger partial charge in [0.2, 0.25) is 51.2 Å². The predicted octanol–water partition coefficient (Wildman–Crippen LogP) is 6.63. The highest BCUT2D eigenvalue weighted by Crippen LogP contribution is 2.35. The molecule has 6 aliphatic heterocycles. The molecule has 660 valence electrons. The summed E-state index contributed by atoms with van der Waals surface area (Å²) < 4.78 is 76.0. The second-order valence-electron chi connectivity index (χ2n) is 35.2. The number of hydrogen-bond acceptors (Lipinski definition) is 22. The maximum Gasteiger partial charge on any atom is 0.246 e. The van der Waals surface area contributed by atoms with Gasteiger partial charge in [-0.15, -0.1) is 5.10 Å². The molecule has 2 saturated heterocycles. The average molecular weight is 1740 g/mol. The van der Waals surface area contributed by atoms with Crippen molar-refractivity contribution in [2.75, 3.05) is 51.9 Å². The summed E-state index contributed by atoms with van der Waals surface area (Å²) in [5.41, 5.74) is 0.769. The zero-order valence-corrected chi connectivity index (χ0v) is 73.4. The molecule has 7 aliphatic rings. The quantitative estimate of drug-likeness (QED) is 0.0421. The van der Waals surface area contributed by atoms with Gasteiger partial charge in [-0.05, 0) is 164 Å². The van der Waals surface area contributed by atoms with Crippen LogP contribution in [-0.4, -0.2) is 223 Å². The van der Waals surface area contributed by atoms with Crippen LogP contribution in [-0.2, 0) is 105 Å². The summed E-state index contributed by atoms with van der Waals surface area (Å²) in [4.78, 5) is 157. The van der Waals surface area contributed by atoms with E-state index < -0.39 is 185 Å². The molecule has 6 aromatic carbocycles. The third-order valence-corrected chi connectivity index (χ3v) is 27.2. The highest BCUT2D eigenvalue weighted by atomic mass is 32.2. The molecule has 10 bridgehead atoms. The van der Waals surface area contributed by atoms with Crippen molar-refractivity contribution in [3.8, 4) is 11.5 Å². The Bertz CT molecular complexity index is 5450. The smallest absolute Gasteiger partial charge is 0.246 e. The Morgan fingerprint density at radius 3 is 1.63 bits per heavy atom. The normalized spacial score (nSPS) is 21.9. The molecule has 15 rings (SSSR count). The summed E-state index contributed by atoms with van der Waals surface area (Å²) in [5.74, 6) is -8.92. The fraction of sp³-hybridized carbons (Fsp3) is 0.467. The van der Waals surface area contributed by atoms with Crippen molar-refractivity contribution in [3.63, 3.8) is 0 Å². The molecular formula is C92H113N13O17S2. The molecule has 2 aromatic heterocycles. The number of sulfone groups is 2. The van der Waals surface area contributed by atoms with Gasteiger partial charge in [0, 0.05) is 57.5 Å². The van der Waals surface area contributed by atoms with E-state index in [9.17, 15) is 36.0 Å². The molecule has 8 aromatic rings. The molecular weight excluding hydrogens is 1620 g/mol. The van der Waals surface area contributed by atoms with E-state index in [1.54, 1.807) is 130 Å². The van der Waals surface area contributed by atoms with Crippen molar-refractivity contribution in [1.82, 2.24) is 67.0 Å². The van der Waals surface area contributed by atoms with E-state index in [0.717, 1.165) is 21.5 Å². The number of ketones is 3. The van der Waals surface area contributed by atoms with Gasteiger partial charge in [-0.1, -0.05) is 162 Å². The van der Waals surface area contributed by atoms with Crippen LogP contribution in [0.2, 0.25) is 0 Å². The number of pyridine rings is 1. The largest absolute Gasteiger partial charge is 0.494 e. The number of fused-ring (bicyclic) bond motifs is 2. The molecule has 0 unspecified atom stereocenters. The Kier molecular flexibility index (Phi) is 29.8. The lowest BCUT2D eigenvalue weighted by molar-refractivity contribution is -0.144. The third-order valence-electron chi connectivity index (χ3n) is 23.5. The Morgan fingerprint density at radius 2 is 1.08 bits per heavy atom. The molecule has 0 radical (unpaired) electrons. The van der Waals surface area contributed by atoms with Gasteiger partial charge in [0.1, 0.15) is 59.5 Å². The minimum atomic E-state index is -4.40. The van der Waals surface area contributed by atoms with Crippen molar-refractivity contribution in [2.45, 2.75) is 209 Å². The SMILES string of the molecule is CN[C@@H](C)C(=O)N[C@H](C(=O)N1C[C@@H]2C[C@H]1C(=O)C[C@@H](Cc1ccc3ccccc3c1)C(=O)N[C@H](C(=O)CS(=O)(=O)C1CC1)Cc1ccc(cc1)OCc1cn(nn1)[C@H]1C[C@@H](C(=O)N[C@@H](Cc3ccc4ccccc4c3)C(=O)N[C@H](C(=O)CS(=O)(=O)c3ccccn3)Cc3ccc(cc3)OCCCCO2)N(C(=O)[C@@H](NC(=O)[C@H](C)NC)C(C)(C)C)C1)C(C)(C)C. The predicted molar refractivity (Wildman–Crippen MR) is 466 cm³/mol. The number of ether oxygens (including phenoxy) is 3. The molecule has 1 aliphatic carbocycles. The second-order valence-corrected chi connectivity index (χ2v) is 39.4. The highest BCUT2D eigenvalue weighted by Gasteiger charge is 2.49. The van der Waals surface area contributed by atoms with E-state index in [4.69, 9.17) is 14.2 Å². The number of rotatable bonds is 20. The van der Waals surface area contributed by atoms with Gasteiger partial charge in [0.15, 0.2) is 32.2 Å². The molecule has 124 heavy (non-hydrogen) atoms. The first kappa shape index (κ1) is 92.0. The summed E-state index contributed by atoms with van der Waals surface area (Å²) in [7, 11) is -5.11. The fourth-order valence-electron chi connectivity index (χ4n) is 15.8. The summed E-state index contributed by atoms with van der Waals surface area (Å²) in [6.45, 7) is 14.0. The van der Waals surface area contributed by atoms with Crippen LogP contribution in [0.25, 0.3) is 21.5 Å². The van der Waals surface area contributed by atoms with Crippen LogP contribution >= 0.6 is 0 Å². The van der Waals surface area contributed by atoms with Gasteiger partial charge >= 0.3 is 0 Å². The van der Waals surface area contributed by atoms with Crippen LogP contribution in [0.3, 0.4) is 0 Å². The van der Waals surface area contributed by atoms with Crippen LogP contribution in [0.4, 0.5) is 0 Å². The van der Waals surface area contributed by atoms with Gasteiger partial charge < -0.3 is 61.2 Å². The number of amides is 7. The van der Waals surface area contributed by atoms with Crippen molar-refractivity contribution in [1.29, 1.82) is 0 Å². The van der Waals surface area contributed by atoms with Crippen LogP contribution < -0.4 is 46.7 Å². The van der Waals surface area contributed by atoms with Crippen LogP contribution in [0.1, 0.15) is 134 Å². The lowest BCUT2D eigenvalue weighted by Gasteiger charge is -2.36. The van der Waals surface area contributed by atoms with Gasteiger partial charge in [-0.25, -0.2) is 26.5 Å². The maximum absolute atomic E-state index is 15.6. The van der Waals surface area contributed by atoms with Crippen molar-refractivity contribution in [3.05, 3.63) is 192 Å².